The summed E-state index contributed by atoms with van der Waals surface area (Å²) < 4.78 is 0. The Bertz CT molecular complexity index is 990. The summed E-state index contributed by atoms with van der Waals surface area (Å²) in [5.74, 6) is -0.415. The zero-order valence-corrected chi connectivity index (χ0v) is 17.9. The molecule has 5 nitrogen and oxygen atoms in total. The average Bonchev–Trinajstić information content (AvgIpc) is 2.95. The van der Waals surface area contributed by atoms with Gasteiger partial charge < -0.3 is 5.32 Å². The summed E-state index contributed by atoms with van der Waals surface area (Å²) in [6.07, 6.45) is 1.69. The fourth-order valence-corrected chi connectivity index (χ4v) is 4.21. The van der Waals surface area contributed by atoms with Crippen LogP contribution in [0.3, 0.4) is 0 Å². The molecule has 2 aromatic carbocycles. The smallest absolute Gasteiger partial charge is 0.242 e. The van der Waals surface area contributed by atoms with Crippen LogP contribution in [0.2, 0.25) is 5.02 Å². The van der Waals surface area contributed by atoms with Gasteiger partial charge in [-0.05, 0) is 49.2 Å². The van der Waals surface area contributed by atoms with Crippen molar-refractivity contribution in [1.82, 2.24) is 4.90 Å². The summed E-state index contributed by atoms with van der Waals surface area (Å²) in [7, 11) is 0. The predicted octanol–water partition coefficient (Wildman–Crippen LogP) is 5.10. The van der Waals surface area contributed by atoms with E-state index in [0.29, 0.717) is 22.4 Å². The third-order valence-corrected chi connectivity index (χ3v) is 6.07. The predicted molar refractivity (Wildman–Crippen MR) is 121 cm³/mol. The van der Waals surface area contributed by atoms with Crippen LogP contribution in [0.1, 0.15) is 17.5 Å². The van der Waals surface area contributed by atoms with Gasteiger partial charge in [0.25, 0.3) is 0 Å². The maximum Gasteiger partial charge on any atom is 0.242 e. The number of carbonyl (C=O) groups excluding carboxylic acids is 2. The molecule has 29 heavy (non-hydrogen) atoms. The molecule has 3 rings (SSSR count). The molecule has 1 fully saturated rings. The number of amidine groups is 1. The first-order chi connectivity index (χ1) is 13.9. The Kier molecular flexibility index (Phi) is 6.77. The van der Waals surface area contributed by atoms with Crippen molar-refractivity contribution in [3.8, 4) is 0 Å². The van der Waals surface area contributed by atoms with Crippen LogP contribution >= 0.6 is 23.4 Å². The number of nitrogens with zero attached hydrogens (tertiary/aromatic N) is 2. The van der Waals surface area contributed by atoms with Gasteiger partial charge in [-0.25, -0.2) is 4.99 Å². The quantitative estimate of drug-likeness (QED) is 0.652. The molecule has 1 saturated heterocycles. The third kappa shape index (κ3) is 5.08. The van der Waals surface area contributed by atoms with Gasteiger partial charge >= 0.3 is 0 Å². The molecule has 150 valence electrons. The van der Waals surface area contributed by atoms with Crippen LogP contribution in [0.25, 0.3) is 0 Å². The molecule has 1 aliphatic heterocycles. The molecule has 2 amide bonds. The fraction of sp³-hybridized carbons (Fsp3) is 0.227. The van der Waals surface area contributed by atoms with Crippen molar-refractivity contribution >= 4 is 51.7 Å². The minimum Gasteiger partial charge on any atom is -0.325 e. The number of anilines is 1. The summed E-state index contributed by atoms with van der Waals surface area (Å²) in [4.78, 5) is 31.5. The Morgan fingerprint density at radius 2 is 2.03 bits per heavy atom. The molecule has 1 heterocycles. The van der Waals surface area contributed by atoms with E-state index in [4.69, 9.17) is 11.6 Å². The maximum atomic E-state index is 12.8. The number of aryl methyl sites for hydroxylation is 2. The van der Waals surface area contributed by atoms with Gasteiger partial charge in [0.1, 0.15) is 5.25 Å². The van der Waals surface area contributed by atoms with Crippen molar-refractivity contribution in [3.05, 3.63) is 71.3 Å². The molecule has 0 aliphatic carbocycles. The molecule has 2 aromatic rings. The summed E-state index contributed by atoms with van der Waals surface area (Å²) in [5, 5.41) is 3.26. The van der Waals surface area contributed by atoms with Crippen molar-refractivity contribution in [2.24, 2.45) is 4.99 Å². The van der Waals surface area contributed by atoms with Gasteiger partial charge in [0.15, 0.2) is 5.17 Å². The Hall–Kier alpha value is -2.57. The monoisotopic (exact) mass is 427 g/mol. The summed E-state index contributed by atoms with van der Waals surface area (Å²) in [6.45, 7) is 8.13. The van der Waals surface area contributed by atoms with E-state index >= 15 is 0 Å². The van der Waals surface area contributed by atoms with Crippen LogP contribution < -0.4 is 5.32 Å². The Labute approximate surface area is 179 Å². The van der Waals surface area contributed by atoms with E-state index in [1.807, 2.05) is 32.0 Å². The van der Waals surface area contributed by atoms with E-state index in [-0.39, 0.29) is 18.2 Å². The van der Waals surface area contributed by atoms with Gasteiger partial charge in [-0.15, -0.1) is 6.58 Å². The number of aliphatic imine (C=N–C) groups is 1. The SMILES string of the molecule is C=CCN1C(=O)[C@H](CC(=O)Nc2ccccc2Cl)SC1=Nc1ccc(C)c(C)c1. The molecular formula is C22H22ClN3O2S. The van der Waals surface area contributed by atoms with Gasteiger partial charge in [-0.3, -0.25) is 14.5 Å². The van der Waals surface area contributed by atoms with Crippen LogP contribution in [-0.4, -0.2) is 33.7 Å². The van der Waals surface area contributed by atoms with Crippen LogP contribution in [0, 0.1) is 13.8 Å². The molecule has 0 radical (unpaired) electrons. The van der Waals surface area contributed by atoms with Crippen LogP contribution in [0.5, 0.6) is 0 Å². The lowest BCUT2D eigenvalue weighted by molar-refractivity contribution is -0.127. The number of rotatable bonds is 6. The van der Waals surface area contributed by atoms with Gasteiger partial charge in [-0.1, -0.05) is 47.6 Å². The summed E-state index contributed by atoms with van der Waals surface area (Å²) >= 11 is 7.39. The third-order valence-electron chi connectivity index (χ3n) is 4.57. The molecule has 0 aromatic heterocycles. The minimum absolute atomic E-state index is 0.0360. The van der Waals surface area contributed by atoms with Crippen LogP contribution in [0.15, 0.2) is 60.1 Å². The van der Waals surface area contributed by atoms with E-state index in [1.165, 1.54) is 17.3 Å². The number of amides is 2. The number of halogens is 1. The Morgan fingerprint density at radius 3 is 2.72 bits per heavy atom. The minimum atomic E-state index is -0.539. The highest BCUT2D eigenvalue weighted by Gasteiger charge is 2.38. The van der Waals surface area contributed by atoms with Gasteiger partial charge in [-0.2, -0.15) is 0 Å². The van der Waals surface area contributed by atoms with Crippen LogP contribution in [0.4, 0.5) is 11.4 Å². The molecule has 0 bridgehead atoms. The summed E-state index contributed by atoms with van der Waals surface area (Å²) in [5.41, 5.74) is 3.62. The number of thioether (sulfide) groups is 1. The van der Waals surface area contributed by atoms with Gasteiger partial charge in [0.05, 0.1) is 16.4 Å². The van der Waals surface area contributed by atoms with Crippen molar-refractivity contribution < 1.29 is 9.59 Å². The lowest BCUT2D eigenvalue weighted by atomic mass is 10.1. The van der Waals surface area contributed by atoms with Crippen molar-refractivity contribution in [2.45, 2.75) is 25.5 Å². The number of benzene rings is 2. The Balaban J connectivity index is 1.76. The molecule has 0 spiro atoms. The molecule has 0 saturated carbocycles. The zero-order chi connectivity index (χ0) is 21.0. The molecule has 0 unspecified atom stereocenters. The highest BCUT2D eigenvalue weighted by Crippen LogP contribution is 2.32. The summed E-state index contributed by atoms with van der Waals surface area (Å²) in [6, 6.07) is 12.9. The Morgan fingerprint density at radius 1 is 1.28 bits per heavy atom. The highest BCUT2D eigenvalue weighted by molar-refractivity contribution is 8.15. The first-order valence-corrected chi connectivity index (χ1v) is 10.4. The second kappa shape index (κ2) is 9.29. The fourth-order valence-electron chi connectivity index (χ4n) is 2.86. The van der Waals surface area contributed by atoms with Crippen molar-refractivity contribution in [1.29, 1.82) is 0 Å². The first kappa shape index (κ1) is 21.1. The first-order valence-electron chi connectivity index (χ1n) is 9.18. The van der Waals surface area contributed by atoms with E-state index in [9.17, 15) is 9.59 Å². The standard InChI is InChI=1S/C22H22ClN3O2S/c1-4-11-26-21(28)19(13-20(27)25-18-8-6-5-7-17(18)23)29-22(26)24-16-10-9-14(2)15(3)12-16/h4-10,12,19H,1,11,13H2,2-3H3,(H,25,27)/t19-/m0/s1. The molecule has 1 N–H and O–H groups in total. The largest absolute Gasteiger partial charge is 0.325 e. The lowest BCUT2D eigenvalue weighted by Gasteiger charge is -2.14. The van der Waals surface area contributed by atoms with Crippen LogP contribution in [-0.2, 0) is 9.59 Å². The van der Waals surface area contributed by atoms with Gasteiger partial charge in [0.2, 0.25) is 11.8 Å². The normalized spacial score (nSPS) is 17.6. The number of nitrogens with one attached hydrogen (secondary N) is 1. The lowest BCUT2D eigenvalue weighted by Crippen LogP contribution is -2.33. The zero-order valence-electron chi connectivity index (χ0n) is 16.3. The number of hydrogen-bond donors (Lipinski definition) is 1. The average molecular weight is 428 g/mol. The van der Waals surface area contributed by atoms with Crippen molar-refractivity contribution in [3.63, 3.8) is 0 Å². The highest BCUT2D eigenvalue weighted by atomic mass is 35.5. The number of para-hydroxylation sites is 1. The van der Waals surface area contributed by atoms with E-state index in [2.05, 4.69) is 16.9 Å². The topological polar surface area (TPSA) is 61.8 Å². The molecule has 7 heteroatoms. The molecular weight excluding hydrogens is 406 g/mol. The maximum absolute atomic E-state index is 12.8. The number of carbonyl (C=O) groups is 2. The second-order valence-corrected chi connectivity index (χ2v) is 8.32. The van der Waals surface area contributed by atoms with E-state index in [0.717, 1.165) is 11.3 Å². The molecule has 1 aliphatic rings. The molecule has 1 atom stereocenters. The van der Waals surface area contributed by atoms with Crippen molar-refractivity contribution in [2.75, 3.05) is 11.9 Å². The second-order valence-electron chi connectivity index (χ2n) is 6.74. The van der Waals surface area contributed by atoms with Gasteiger partial charge in [0, 0.05) is 13.0 Å². The number of hydrogen-bond acceptors (Lipinski definition) is 4. The van der Waals surface area contributed by atoms with E-state index in [1.54, 1.807) is 35.2 Å². The van der Waals surface area contributed by atoms with E-state index < -0.39 is 5.25 Å².